The fraction of sp³-hybridized carbons (Fsp3) is 0.462. The molecule has 0 unspecified atom stereocenters. The van der Waals surface area contributed by atoms with Crippen LogP contribution in [-0.4, -0.2) is 25.2 Å². The maximum atomic E-state index is 12.3. The molecule has 18 heavy (non-hydrogen) atoms. The van der Waals surface area contributed by atoms with Crippen molar-refractivity contribution in [3.05, 3.63) is 33.8 Å². The van der Waals surface area contributed by atoms with Crippen molar-refractivity contribution < 1.29 is 13.2 Å². The van der Waals surface area contributed by atoms with Gasteiger partial charge in [-0.05, 0) is 51.0 Å². The van der Waals surface area contributed by atoms with E-state index in [1.807, 2.05) is 13.8 Å². The Morgan fingerprint density at radius 2 is 1.61 bits per heavy atom. The van der Waals surface area contributed by atoms with E-state index in [0.29, 0.717) is 5.02 Å². The number of carbonyl (C=O) groups is 1. The molecule has 0 fully saturated rings. The zero-order valence-electron chi connectivity index (χ0n) is 11.2. The molecule has 0 N–H and O–H groups in total. The second kappa shape index (κ2) is 4.67. The topological polar surface area (TPSA) is 51.2 Å². The minimum atomic E-state index is -3.50. The van der Waals surface area contributed by atoms with Gasteiger partial charge < -0.3 is 0 Å². The number of aryl methyl sites for hydroxylation is 2. The fourth-order valence-electron chi connectivity index (χ4n) is 1.45. The Bertz CT molecular complexity index is 601. The molecule has 0 amide bonds. The first-order valence-electron chi connectivity index (χ1n) is 5.49. The fourth-order valence-corrected chi connectivity index (χ4v) is 2.20. The number of hydrogen-bond donors (Lipinski definition) is 0. The molecule has 0 aliphatic heterocycles. The molecule has 0 aromatic heterocycles. The summed E-state index contributed by atoms with van der Waals surface area (Å²) in [6.07, 6.45) is 1.06. The lowest BCUT2D eigenvalue weighted by atomic mass is 9.97. The molecule has 0 spiro atoms. The Kier molecular flexibility index (Phi) is 3.94. The molecule has 0 heterocycles. The van der Waals surface area contributed by atoms with E-state index in [9.17, 15) is 13.2 Å². The molecule has 5 heteroatoms. The van der Waals surface area contributed by atoms with Gasteiger partial charge in [-0.3, -0.25) is 4.79 Å². The number of ketones is 1. The van der Waals surface area contributed by atoms with Crippen molar-refractivity contribution in [1.82, 2.24) is 0 Å². The molecule has 3 nitrogen and oxygen atoms in total. The van der Waals surface area contributed by atoms with Crippen molar-refractivity contribution in [1.29, 1.82) is 0 Å². The number of hydrogen-bond acceptors (Lipinski definition) is 3. The van der Waals surface area contributed by atoms with Gasteiger partial charge in [-0.1, -0.05) is 11.6 Å². The van der Waals surface area contributed by atoms with Crippen LogP contribution in [0.2, 0.25) is 5.02 Å². The first-order valence-corrected chi connectivity index (χ1v) is 7.76. The van der Waals surface area contributed by atoms with Gasteiger partial charge in [-0.25, -0.2) is 8.42 Å². The number of benzene rings is 1. The standard InChI is InChI=1S/C13H17ClO3S/c1-8-6-10(11(14)7-9(8)2)12(15)13(3,4)18(5,16)17/h6-7H,1-5H3. The van der Waals surface area contributed by atoms with Crippen LogP contribution in [0.25, 0.3) is 0 Å². The Hall–Kier alpha value is -0.870. The highest BCUT2D eigenvalue weighted by Gasteiger charge is 2.39. The molecule has 0 saturated heterocycles. The Labute approximate surface area is 113 Å². The van der Waals surface area contributed by atoms with Crippen molar-refractivity contribution in [3.8, 4) is 0 Å². The summed E-state index contributed by atoms with van der Waals surface area (Å²) in [5.41, 5.74) is 2.14. The monoisotopic (exact) mass is 288 g/mol. The molecule has 1 aromatic carbocycles. The van der Waals surface area contributed by atoms with Gasteiger partial charge in [0.2, 0.25) is 0 Å². The van der Waals surface area contributed by atoms with Gasteiger partial charge in [0.15, 0.2) is 15.6 Å². The molecular weight excluding hydrogens is 272 g/mol. The summed E-state index contributed by atoms with van der Waals surface area (Å²) in [5.74, 6) is -0.474. The number of rotatable bonds is 3. The molecule has 1 aromatic rings. The van der Waals surface area contributed by atoms with E-state index in [1.165, 1.54) is 13.8 Å². The summed E-state index contributed by atoms with van der Waals surface area (Å²) in [5, 5.41) is 0.292. The smallest absolute Gasteiger partial charge is 0.184 e. The SMILES string of the molecule is Cc1cc(Cl)c(C(=O)C(C)(C)S(C)(=O)=O)cc1C. The first kappa shape index (κ1) is 15.2. The lowest BCUT2D eigenvalue weighted by molar-refractivity contribution is 0.0954. The summed E-state index contributed by atoms with van der Waals surface area (Å²) < 4.78 is 21.9. The highest BCUT2D eigenvalue weighted by Crippen LogP contribution is 2.28. The van der Waals surface area contributed by atoms with E-state index in [4.69, 9.17) is 11.6 Å². The highest BCUT2D eigenvalue weighted by atomic mass is 35.5. The Morgan fingerprint density at radius 1 is 1.17 bits per heavy atom. The third kappa shape index (κ3) is 2.59. The largest absolute Gasteiger partial charge is 0.292 e. The maximum Gasteiger partial charge on any atom is 0.184 e. The second-order valence-corrected chi connectivity index (χ2v) is 8.00. The summed E-state index contributed by atoms with van der Waals surface area (Å²) in [4.78, 5) is 12.3. The average molecular weight is 289 g/mol. The van der Waals surface area contributed by atoms with Gasteiger partial charge in [-0.2, -0.15) is 0 Å². The van der Waals surface area contributed by atoms with Gasteiger partial charge in [0.25, 0.3) is 0 Å². The van der Waals surface area contributed by atoms with Gasteiger partial charge in [-0.15, -0.1) is 0 Å². The van der Waals surface area contributed by atoms with E-state index < -0.39 is 20.4 Å². The third-order valence-electron chi connectivity index (χ3n) is 3.30. The molecule has 0 radical (unpaired) electrons. The first-order chi connectivity index (χ1) is 7.98. The predicted molar refractivity (Wildman–Crippen MR) is 74.2 cm³/mol. The lowest BCUT2D eigenvalue weighted by Gasteiger charge is -2.22. The second-order valence-electron chi connectivity index (χ2n) is 5.03. The molecule has 0 aliphatic rings. The van der Waals surface area contributed by atoms with E-state index in [2.05, 4.69) is 0 Å². The number of carbonyl (C=O) groups excluding carboxylic acids is 1. The van der Waals surface area contributed by atoms with Crippen molar-refractivity contribution >= 4 is 27.2 Å². The van der Waals surface area contributed by atoms with Crippen LogP contribution in [0.3, 0.4) is 0 Å². The molecule has 1 rings (SSSR count). The summed E-state index contributed by atoms with van der Waals surface area (Å²) >= 11 is 6.04. The molecular formula is C13H17ClO3S. The lowest BCUT2D eigenvalue weighted by Crippen LogP contribution is -2.40. The van der Waals surface area contributed by atoms with Gasteiger partial charge in [0.1, 0.15) is 4.75 Å². The minimum Gasteiger partial charge on any atom is -0.292 e. The third-order valence-corrected chi connectivity index (χ3v) is 5.65. The molecule has 0 atom stereocenters. The van der Waals surface area contributed by atoms with Crippen LogP contribution in [-0.2, 0) is 9.84 Å². The summed E-state index contributed by atoms with van der Waals surface area (Å²) in [6.45, 7) is 6.54. The molecule has 100 valence electrons. The van der Waals surface area contributed by atoms with E-state index in [0.717, 1.165) is 17.4 Å². The minimum absolute atomic E-state index is 0.259. The zero-order chi connectivity index (χ0) is 14.3. The van der Waals surface area contributed by atoms with Gasteiger partial charge in [0.05, 0.1) is 5.02 Å². The van der Waals surface area contributed by atoms with Gasteiger partial charge in [0, 0.05) is 11.8 Å². The van der Waals surface area contributed by atoms with Crippen LogP contribution in [0, 0.1) is 13.8 Å². The van der Waals surface area contributed by atoms with Crippen LogP contribution in [0.1, 0.15) is 35.3 Å². The van der Waals surface area contributed by atoms with Crippen LogP contribution >= 0.6 is 11.6 Å². The number of sulfone groups is 1. The van der Waals surface area contributed by atoms with Crippen LogP contribution in [0.4, 0.5) is 0 Å². The maximum absolute atomic E-state index is 12.3. The summed E-state index contributed by atoms with van der Waals surface area (Å²) in [6, 6.07) is 3.33. The predicted octanol–water partition coefficient (Wildman–Crippen LogP) is 2.96. The summed E-state index contributed by atoms with van der Waals surface area (Å²) in [7, 11) is -3.50. The average Bonchev–Trinajstić information content (AvgIpc) is 2.20. The Morgan fingerprint density at radius 3 is 2.06 bits per heavy atom. The normalized spacial score (nSPS) is 12.6. The van der Waals surface area contributed by atoms with Crippen LogP contribution in [0.15, 0.2) is 12.1 Å². The van der Waals surface area contributed by atoms with E-state index in [-0.39, 0.29) is 5.56 Å². The van der Waals surface area contributed by atoms with Crippen molar-refractivity contribution in [2.24, 2.45) is 0 Å². The van der Waals surface area contributed by atoms with Crippen molar-refractivity contribution in [3.63, 3.8) is 0 Å². The zero-order valence-corrected chi connectivity index (χ0v) is 12.7. The van der Waals surface area contributed by atoms with Crippen LogP contribution < -0.4 is 0 Å². The molecule has 0 aliphatic carbocycles. The van der Waals surface area contributed by atoms with Crippen molar-refractivity contribution in [2.75, 3.05) is 6.26 Å². The van der Waals surface area contributed by atoms with E-state index in [1.54, 1.807) is 12.1 Å². The van der Waals surface area contributed by atoms with E-state index >= 15 is 0 Å². The Balaban J connectivity index is 3.42. The highest BCUT2D eigenvalue weighted by molar-refractivity contribution is 7.92. The number of halogens is 1. The number of Topliss-reactive ketones (excluding diaryl/α,β-unsaturated/α-hetero) is 1. The molecule has 0 bridgehead atoms. The van der Waals surface area contributed by atoms with Crippen molar-refractivity contribution in [2.45, 2.75) is 32.4 Å². The van der Waals surface area contributed by atoms with Crippen LogP contribution in [0.5, 0.6) is 0 Å². The molecule has 0 saturated carbocycles. The quantitative estimate of drug-likeness (QED) is 0.804. The van der Waals surface area contributed by atoms with Gasteiger partial charge >= 0.3 is 0 Å².